The van der Waals surface area contributed by atoms with Gasteiger partial charge in [-0.3, -0.25) is 0 Å². The van der Waals surface area contributed by atoms with Crippen LogP contribution in [0.3, 0.4) is 0 Å². The van der Waals surface area contributed by atoms with Gasteiger partial charge >= 0.3 is 133 Å². The Hall–Kier alpha value is 1.01. The van der Waals surface area contributed by atoms with Crippen molar-refractivity contribution in [2.24, 2.45) is 0 Å². The maximum atomic E-state index is 10.1. The van der Waals surface area contributed by atoms with Crippen LogP contribution in [0, 0.1) is 0 Å². The van der Waals surface area contributed by atoms with Crippen molar-refractivity contribution in [3.63, 3.8) is 0 Å². The molecule has 7 heteroatoms. The van der Waals surface area contributed by atoms with Gasteiger partial charge in [0.25, 0.3) is 0 Å². The SMILES string of the molecule is CCCCOC(CO[O][Al]=[O])OCCCC.[NaH]. The van der Waals surface area contributed by atoms with Crippen LogP contribution in [-0.2, 0) is 22.1 Å². The molecule has 0 spiro atoms. The first-order chi connectivity index (χ1) is 7.85. The minimum atomic E-state index is -1.34. The molecule has 0 bridgehead atoms. The number of unbranched alkanes of at least 4 members (excludes halogenated alkanes) is 2. The van der Waals surface area contributed by atoms with Gasteiger partial charge in [-0.05, 0) is 0 Å². The molecule has 0 rings (SSSR count). The first-order valence-electron chi connectivity index (χ1n) is 5.80. The molecule has 0 aliphatic carbocycles. The van der Waals surface area contributed by atoms with Crippen molar-refractivity contribution < 1.29 is 22.1 Å². The normalized spacial score (nSPS) is 9.82. The van der Waals surface area contributed by atoms with Crippen LogP contribution in [0.4, 0.5) is 0 Å². The monoisotopic (exact) mass is 272 g/mol. The summed E-state index contributed by atoms with van der Waals surface area (Å²) in [5.74, 6) is 0. The molecule has 0 N–H and O–H groups in total. The number of hydrogen-bond donors (Lipinski definition) is 0. The van der Waals surface area contributed by atoms with E-state index in [9.17, 15) is 3.80 Å². The Labute approximate surface area is 132 Å². The number of ether oxygens (including phenoxy) is 2. The summed E-state index contributed by atoms with van der Waals surface area (Å²) in [6.07, 6.45) is 3.69. The fourth-order valence-electron chi connectivity index (χ4n) is 0.985. The molecule has 0 saturated heterocycles. The molecule has 0 aliphatic rings. The Balaban J connectivity index is 0. The van der Waals surface area contributed by atoms with Gasteiger partial charge in [0.15, 0.2) is 0 Å². The summed E-state index contributed by atoms with van der Waals surface area (Å²) in [7, 11) is 0. The summed E-state index contributed by atoms with van der Waals surface area (Å²) in [4.78, 5) is 4.68. The molecule has 0 heterocycles. The summed E-state index contributed by atoms with van der Waals surface area (Å²) in [5, 5.41) is 0. The zero-order valence-electron chi connectivity index (χ0n) is 10.1. The van der Waals surface area contributed by atoms with Crippen molar-refractivity contribution in [2.45, 2.75) is 45.8 Å². The molecule has 17 heavy (non-hydrogen) atoms. The van der Waals surface area contributed by atoms with Gasteiger partial charge in [-0.2, -0.15) is 0 Å². The molecule has 5 nitrogen and oxygen atoms in total. The third-order valence-corrected chi connectivity index (χ3v) is 2.13. The summed E-state index contributed by atoms with van der Waals surface area (Å²) in [5.41, 5.74) is 0. The first-order valence-corrected chi connectivity index (χ1v) is 6.74. The van der Waals surface area contributed by atoms with Gasteiger partial charge in [-0.25, -0.2) is 0 Å². The van der Waals surface area contributed by atoms with Gasteiger partial charge in [0.1, 0.15) is 0 Å². The van der Waals surface area contributed by atoms with Crippen molar-refractivity contribution in [3.05, 3.63) is 0 Å². The Morgan fingerprint density at radius 2 is 1.59 bits per heavy atom. The van der Waals surface area contributed by atoms with Crippen LogP contribution in [0.15, 0.2) is 0 Å². The van der Waals surface area contributed by atoms with Crippen molar-refractivity contribution in [1.82, 2.24) is 0 Å². The molecule has 0 fully saturated rings. The topological polar surface area (TPSA) is 54.0 Å². The van der Waals surface area contributed by atoms with Gasteiger partial charge < -0.3 is 0 Å². The summed E-state index contributed by atoms with van der Waals surface area (Å²) in [6, 6.07) is 0. The molecule has 0 aromatic heterocycles. The molecule has 0 aliphatic heterocycles. The number of hydrogen-bond acceptors (Lipinski definition) is 5. The van der Waals surface area contributed by atoms with E-state index < -0.39 is 21.8 Å². The predicted molar refractivity (Wildman–Crippen MR) is 66.1 cm³/mol. The van der Waals surface area contributed by atoms with E-state index in [1.54, 1.807) is 0 Å². The van der Waals surface area contributed by atoms with Gasteiger partial charge in [0, 0.05) is 0 Å². The summed E-state index contributed by atoms with van der Waals surface area (Å²) < 4.78 is 25.3. The molecule has 0 radical (unpaired) electrons. The molecule has 0 atom stereocenters. The van der Waals surface area contributed by atoms with E-state index in [0.717, 1.165) is 25.7 Å². The van der Waals surface area contributed by atoms with Crippen LogP contribution in [0.2, 0.25) is 0 Å². The predicted octanol–water partition coefficient (Wildman–Crippen LogP) is 1.21. The molecule has 0 saturated carbocycles. The molecule has 0 unspecified atom stereocenters. The van der Waals surface area contributed by atoms with Crippen LogP contribution in [-0.4, -0.2) is 71.2 Å². The van der Waals surface area contributed by atoms with Gasteiger partial charge in [-0.1, -0.05) is 0 Å². The van der Waals surface area contributed by atoms with E-state index in [1.807, 2.05) is 0 Å². The fraction of sp³-hybridized carbons (Fsp3) is 1.00. The molecule has 0 aromatic carbocycles. The Morgan fingerprint density at radius 1 is 1.06 bits per heavy atom. The van der Waals surface area contributed by atoms with Gasteiger partial charge in [-0.15, -0.1) is 0 Å². The second-order valence-electron chi connectivity index (χ2n) is 3.36. The Morgan fingerprint density at radius 3 is 2.00 bits per heavy atom. The zero-order valence-corrected chi connectivity index (χ0v) is 11.3. The molecular formula is C10H22AlNaO5. The Bertz CT molecular complexity index is 152. The van der Waals surface area contributed by atoms with Gasteiger partial charge in [0.05, 0.1) is 0 Å². The van der Waals surface area contributed by atoms with E-state index >= 15 is 0 Å². The second-order valence-corrected chi connectivity index (χ2v) is 3.74. The summed E-state index contributed by atoms with van der Waals surface area (Å²) >= 11 is -1.34. The van der Waals surface area contributed by atoms with E-state index in [2.05, 4.69) is 22.7 Å². The van der Waals surface area contributed by atoms with E-state index in [0.29, 0.717) is 13.2 Å². The quantitative estimate of drug-likeness (QED) is 0.176. The standard InChI is InChI=1S/C10H22O4.Al.Na.O.H/c1-3-5-7-12-10(9-14-11)13-8-6-4-2;;;;/h10-11H,3-9H2,1-2H3;;;;/q;+1;;;/p-1. The summed E-state index contributed by atoms with van der Waals surface area (Å²) in [6.45, 7) is 5.62. The minimum absolute atomic E-state index is 0. The second kappa shape index (κ2) is 17.0. The van der Waals surface area contributed by atoms with Crippen LogP contribution < -0.4 is 0 Å². The zero-order chi connectivity index (χ0) is 12.1. The molecule has 96 valence electrons. The molecule has 0 aromatic rings. The van der Waals surface area contributed by atoms with Crippen molar-refractivity contribution in [2.75, 3.05) is 19.8 Å². The van der Waals surface area contributed by atoms with E-state index in [4.69, 9.17) is 9.47 Å². The van der Waals surface area contributed by atoms with E-state index in [1.165, 1.54) is 0 Å². The number of rotatable bonds is 12. The van der Waals surface area contributed by atoms with Crippen LogP contribution >= 0.6 is 0 Å². The van der Waals surface area contributed by atoms with E-state index in [-0.39, 0.29) is 36.2 Å². The average Bonchev–Trinajstić information content (AvgIpc) is 2.29. The van der Waals surface area contributed by atoms with Crippen molar-refractivity contribution in [1.29, 1.82) is 0 Å². The van der Waals surface area contributed by atoms with Crippen molar-refractivity contribution in [3.8, 4) is 0 Å². The molecular weight excluding hydrogens is 250 g/mol. The van der Waals surface area contributed by atoms with Crippen molar-refractivity contribution >= 4 is 45.0 Å². The maximum absolute atomic E-state index is 10.1. The fourth-order valence-corrected chi connectivity index (χ4v) is 1.12. The molecule has 0 amide bonds. The van der Waals surface area contributed by atoms with Crippen LogP contribution in [0.1, 0.15) is 39.5 Å². The van der Waals surface area contributed by atoms with Gasteiger partial charge in [0.2, 0.25) is 0 Å². The van der Waals surface area contributed by atoms with Crippen LogP contribution in [0.5, 0.6) is 0 Å². The third-order valence-electron chi connectivity index (χ3n) is 1.91. The van der Waals surface area contributed by atoms with Crippen LogP contribution in [0.25, 0.3) is 0 Å². The average molecular weight is 272 g/mol. The third kappa shape index (κ3) is 15.0. The Kier molecular flexibility index (Phi) is 20.3. The first kappa shape index (κ1) is 20.3.